The highest BCUT2D eigenvalue weighted by atomic mass is 35.5. The summed E-state index contributed by atoms with van der Waals surface area (Å²) in [5, 5.41) is 10.6. The number of alkyl halides is 2. The zero-order valence-corrected chi connectivity index (χ0v) is 16.3. The number of rotatable bonds is 7. The van der Waals surface area contributed by atoms with Crippen LogP contribution in [0.2, 0.25) is 5.02 Å². The molecule has 0 radical (unpaired) electrons. The Morgan fingerprint density at radius 2 is 1.90 bits per heavy atom. The maximum atomic E-state index is 12.2. The number of anilines is 1. The van der Waals surface area contributed by atoms with Gasteiger partial charge in [0.2, 0.25) is 0 Å². The fourth-order valence-corrected chi connectivity index (χ4v) is 2.64. The molecule has 11 heteroatoms. The molecule has 8 nitrogen and oxygen atoms in total. The summed E-state index contributed by atoms with van der Waals surface area (Å²) in [6.45, 7) is -2.03. The van der Waals surface area contributed by atoms with Gasteiger partial charge in [0.05, 0.1) is 16.4 Å². The Morgan fingerprint density at radius 3 is 2.57 bits per heavy atom. The zero-order valence-electron chi connectivity index (χ0n) is 15.5. The van der Waals surface area contributed by atoms with Crippen molar-refractivity contribution in [3.8, 4) is 11.4 Å². The SMILES string of the molecule is Cc1nn(-c2ccccc2)nc1C(=O)OCC(=O)Nc1ccc(OC(F)F)c(Cl)c1. The molecule has 0 bridgehead atoms. The predicted molar refractivity (Wildman–Crippen MR) is 103 cm³/mol. The van der Waals surface area contributed by atoms with Gasteiger partial charge in [-0.05, 0) is 37.3 Å². The van der Waals surface area contributed by atoms with Gasteiger partial charge in [-0.3, -0.25) is 4.79 Å². The second-order valence-electron chi connectivity index (χ2n) is 5.91. The molecule has 1 N–H and O–H groups in total. The van der Waals surface area contributed by atoms with Crippen molar-refractivity contribution in [1.82, 2.24) is 15.0 Å². The third-order valence-electron chi connectivity index (χ3n) is 3.73. The van der Waals surface area contributed by atoms with E-state index in [-0.39, 0.29) is 22.2 Å². The van der Waals surface area contributed by atoms with Crippen LogP contribution < -0.4 is 10.1 Å². The van der Waals surface area contributed by atoms with Crippen molar-refractivity contribution >= 4 is 29.2 Å². The zero-order chi connectivity index (χ0) is 21.7. The van der Waals surface area contributed by atoms with Crippen LogP contribution in [0.4, 0.5) is 14.5 Å². The minimum absolute atomic E-state index is 0.0248. The van der Waals surface area contributed by atoms with E-state index < -0.39 is 25.1 Å². The third kappa shape index (κ3) is 5.29. The summed E-state index contributed by atoms with van der Waals surface area (Å²) < 4.78 is 33.7. The first-order valence-electron chi connectivity index (χ1n) is 8.54. The number of aryl methyl sites for hydroxylation is 1. The molecule has 3 aromatic rings. The molecule has 0 aliphatic rings. The fourth-order valence-electron chi connectivity index (χ4n) is 2.41. The lowest BCUT2D eigenvalue weighted by molar-refractivity contribution is -0.119. The number of nitrogens with zero attached hydrogens (tertiary/aromatic N) is 3. The summed E-state index contributed by atoms with van der Waals surface area (Å²) >= 11 is 5.82. The Balaban J connectivity index is 1.58. The van der Waals surface area contributed by atoms with Gasteiger partial charge >= 0.3 is 12.6 Å². The van der Waals surface area contributed by atoms with Gasteiger partial charge in [-0.1, -0.05) is 29.8 Å². The number of amides is 1. The van der Waals surface area contributed by atoms with Crippen molar-refractivity contribution in [3.05, 3.63) is 64.9 Å². The van der Waals surface area contributed by atoms with Crippen LogP contribution in [-0.4, -0.2) is 40.1 Å². The average molecular weight is 437 g/mol. The van der Waals surface area contributed by atoms with E-state index in [0.29, 0.717) is 11.4 Å². The van der Waals surface area contributed by atoms with Crippen LogP contribution in [0, 0.1) is 6.92 Å². The molecule has 156 valence electrons. The Hall–Kier alpha value is -3.53. The number of hydrogen-bond donors (Lipinski definition) is 1. The molecule has 1 amide bonds. The Kier molecular flexibility index (Phi) is 6.58. The van der Waals surface area contributed by atoms with Crippen LogP contribution in [0.1, 0.15) is 16.2 Å². The number of ether oxygens (including phenoxy) is 2. The molecule has 2 aromatic carbocycles. The molecule has 0 saturated heterocycles. The average Bonchev–Trinajstić information content (AvgIpc) is 3.10. The van der Waals surface area contributed by atoms with Gasteiger partial charge in [-0.2, -0.15) is 18.7 Å². The molecule has 0 aliphatic carbocycles. The number of carbonyl (C=O) groups is 2. The Morgan fingerprint density at radius 1 is 1.17 bits per heavy atom. The molecule has 1 heterocycles. The summed E-state index contributed by atoms with van der Waals surface area (Å²) in [5.41, 5.74) is 1.19. The maximum absolute atomic E-state index is 12.2. The molecular formula is C19H15ClF2N4O4. The molecule has 3 rings (SSSR count). The molecule has 0 aliphatic heterocycles. The van der Waals surface area contributed by atoms with Gasteiger partial charge in [0.15, 0.2) is 12.3 Å². The first-order chi connectivity index (χ1) is 14.3. The molecule has 0 atom stereocenters. The third-order valence-corrected chi connectivity index (χ3v) is 4.02. The Bertz CT molecular complexity index is 1060. The number of halogens is 3. The number of hydrogen-bond acceptors (Lipinski definition) is 6. The van der Waals surface area contributed by atoms with Crippen LogP contribution in [0.3, 0.4) is 0 Å². The van der Waals surface area contributed by atoms with Gasteiger partial charge in [0.25, 0.3) is 5.91 Å². The van der Waals surface area contributed by atoms with E-state index in [1.54, 1.807) is 31.2 Å². The molecule has 0 unspecified atom stereocenters. The van der Waals surface area contributed by atoms with E-state index in [1.165, 1.54) is 23.0 Å². The van der Waals surface area contributed by atoms with Crippen molar-refractivity contribution < 1.29 is 27.8 Å². The van der Waals surface area contributed by atoms with E-state index in [0.717, 1.165) is 0 Å². The summed E-state index contributed by atoms with van der Waals surface area (Å²) in [7, 11) is 0. The van der Waals surface area contributed by atoms with E-state index in [9.17, 15) is 18.4 Å². The largest absolute Gasteiger partial charge is 0.451 e. The highest BCUT2D eigenvalue weighted by molar-refractivity contribution is 6.32. The number of carbonyl (C=O) groups excluding carboxylic acids is 2. The number of aromatic nitrogens is 3. The molecule has 0 fully saturated rings. The standard InChI is InChI=1S/C19H15ClF2N4O4/c1-11-17(25-26(24-11)13-5-3-2-4-6-13)18(28)29-10-16(27)23-12-7-8-15(14(20)9-12)30-19(21)22/h2-9,19H,10H2,1H3,(H,23,27). The minimum Gasteiger partial charge on any atom is -0.451 e. The Labute approximate surface area is 174 Å². The summed E-state index contributed by atoms with van der Waals surface area (Å²) in [5.74, 6) is -1.70. The minimum atomic E-state index is -3.02. The summed E-state index contributed by atoms with van der Waals surface area (Å²) in [6, 6.07) is 12.7. The molecule has 0 saturated carbocycles. The van der Waals surface area contributed by atoms with Crippen LogP contribution >= 0.6 is 11.6 Å². The second-order valence-corrected chi connectivity index (χ2v) is 6.31. The van der Waals surface area contributed by atoms with E-state index in [2.05, 4.69) is 20.3 Å². The number of esters is 1. The summed E-state index contributed by atoms with van der Waals surface area (Å²) in [4.78, 5) is 25.5. The monoisotopic (exact) mass is 436 g/mol. The number of benzene rings is 2. The number of para-hydroxylation sites is 1. The van der Waals surface area contributed by atoms with Crippen molar-refractivity contribution in [3.63, 3.8) is 0 Å². The van der Waals surface area contributed by atoms with Crippen molar-refractivity contribution in [1.29, 1.82) is 0 Å². The second kappa shape index (κ2) is 9.31. The van der Waals surface area contributed by atoms with Crippen molar-refractivity contribution in [2.24, 2.45) is 0 Å². The maximum Gasteiger partial charge on any atom is 0.387 e. The lowest BCUT2D eigenvalue weighted by atomic mass is 10.3. The highest BCUT2D eigenvalue weighted by Gasteiger charge is 2.19. The smallest absolute Gasteiger partial charge is 0.387 e. The van der Waals surface area contributed by atoms with Gasteiger partial charge < -0.3 is 14.8 Å². The molecule has 1 aromatic heterocycles. The van der Waals surface area contributed by atoms with Gasteiger partial charge in [-0.15, -0.1) is 5.10 Å². The highest BCUT2D eigenvalue weighted by Crippen LogP contribution is 2.28. The van der Waals surface area contributed by atoms with Crippen LogP contribution in [-0.2, 0) is 9.53 Å². The van der Waals surface area contributed by atoms with Gasteiger partial charge in [0.1, 0.15) is 5.75 Å². The normalized spacial score (nSPS) is 10.7. The molecular weight excluding hydrogens is 422 g/mol. The lowest BCUT2D eigenvalue weighted by Gasteiger charge is -2.09. The first-order valence-corrected chi connectivity index (χ1v) is 8.92. The quantitative estimate of drug-likeness (QED) is 0.568. The first kappa shape index (κ1) is 21.2. The fraction of sp³-hybridized carbons (Fsp3) is 0.158. The van der Waals surface area contributed by atoms with Gasteiger partial charge in [0, 0.05) is 5.69 Å². The van der Waals surface area contributed by atoms with Crippen LogP contribution in [0.15, 0.2) is 48.5 Å². The van der Waals surface area contributed by atoms with E-state index in [1.807, 2.05) is 6.07 Å². The molecule has 0 spiro atoms. The van der Waals surface area contributed by atoms with Gasteiger partial charge in [-0.25, -0.2) is 4.79 Å². The summed E-state index contributed by atoms with van der Waals surface area (Å²) in [6.07, 6.45) is 0. The van der Waals surface area contributed by atoms with Crippen LogP contribution in [0.25, 0.3) is 5.69 Å². The van der Waals surface area contributed by atoms with Crippen molar-refractivity contribution in [2.45, 2.75) is 13.5 Å². The van der Waals surface area contributed by atoms with E-state index >= 15 is 0 Å². The van der Waals surface area contributed by atoms with Crippen molar-refractivity contribution in [2.75, 3.05) is 11.9 Å². The molecule has 30 heavy (non-hydrogen) atoms. The van der Waals surface area contributed by atoms with Crippen LogP contribution in [0.5, 0.6) is 5.75 Å². The number of nitrogens with one attached hydrogen (secondary N) is 1. The van der Waals surface area contributed by atoms with E-state index in [4.69, 9.17) is 16.3 Å². The topological polar surface area (TPSA) is 95.3 Å². The lowest BCUT2D eigenvalue weighted by Crippen LogP contribution is -2.21. The predicted octanol–water partition coefficient (Wildman–Crippen LogP) is 3.63.